The highest BCUT2D eigenvalue weighted by Gasteiger charge is 2.08. The molecule has 0 radical (unpaired) electrons. The lowest BCUT2D eigenvalue weighted by atomic mass is 10.3. The fourth-order valence-electron chi connectivity index (χ4n) is 1.50. The van der Waals surface area contributed by atoms with Crippen molar-refractivity contribution in [2.75, 3.05) is 25.5 Å². The van der Waals surface area contributed by atoms with Crippen LogP contribution in [-0.2, 0) is 6.54 Å². The van der Waals surface area contributed by atoms with E-state index in [1.54, 1.807) is 23.1 Å². The molecule has 7 heteroatoms. The normalized spacial score (nSPS) is 10.8. The molecule has 0 unspecified atom stereocenters. The molecule has 108 valence electrons. The molecular formula is C13H19N5S2. The third-order valence-corrected chi connectivity index (χ3v) is 4.62. The molecule has 2 rings (SSSR count). The molecule has 0 atom stereocenters. The predicted octanol–water partition coefficient (Wildman–Crippen LogP) is 2.65. The molecular weight excluding hydrogens is 290 g/mol. The van der Waals surface area contributed by atoms with Crippen LogP contribution in [0.25, 0.3) is 0 Å². The van der Waals surface area contributed by atoms with Crippen LogP contribution in [0.4, 0.5) is 5.13 Å². The lowest BCUT2D eigenvalue weighted by Crippen LogP contribution is -2.13. The lowest BCUT2D eigenvalue weighted by molar-refractivity contribution is 0.673. The highest BCUT2D eigenvalue weighted by Crippen LogP contribution is 2.31. The average molecular weight is 309 g/mol. The maximum Gasteiger partial charge on any atom is 0.208 e. The third kappa shape index (κ3) is 4.43. The van der Waals surface area contributed by atoms with Crippen molar-refractivity contribution in [1.29, 1.82) is 0 Å². The standard InChI is InChI=1S/C13H19N5S2/c1-4-7-14-8-10-5-6-11(15-9-10)19-13-17-16-12(20-13)18(2)3/h5-6,9,14H,4,7-8H2,1-3H3. The Morgan fingerprint density at radius 1 is 1.30 bits per heavy atom. The zero-order chi connectivity index (χ0) is 14.4. The smallest absolute Gasteiger partial charge is 0.208 e. The van der Waals surface area contributed by atoms with E-state index in [0.29, 0.717) is 0 Å². The number of aromatic nitrogens is 3. The topological polar surface area (TPSA) is 53.9 Å². The first-order valence-electron chi connectivity index (χ1n) is 6.53. The summed E-state index contributed by atoms with van der Waals surface area (Å²) in [6.45, 7) is 4.07. The van der Waals surface area contributed by atoms with Crippen LogP contribution < -0.4 is 10.2 Å². The van der Waals surface area contributed by atoms with Crippen LogP contribution in [-0.4, -0.2) is 35.8 Å². The predicted molar refractivity (Wildman–Crippen MR) is 84.6 cm³/mol. The SMILES string of the molecule is CCCNCc1ccc(Sc2nnc(N(C)C)s2)nc1. The number of rotatable bonds is 7. The van der Waals surface area contributed by atoms with Gasteiger partial charge in [-0.25, -0.2) is 4.98 Å². The molecule has 0 aliphatic carbocycles. The molecule has 0 saturated heterocycles. The number of nitrogens with zero attached hydrogens (tertiary/aromatic N) is 4. The first-order valence-corrected chi connectivity index (χ1v) is 8.16. The van der Waals surface area contributed by atoms with Crippen LogP contribution >= 0.6 is 23.1 Å². The maximum absolute atomic E-state index is 4.46. The van der Waals surface area contributed by atoms with Gasteiger partial charge in [-0.15, -0.1) is 10.2 Å². The van der Waals surface area contributed by atoms with Gasteiger partial charge >= 0.3 is 0 Å². The number of hydrogen-bond donors (Lipinski definition) is 1. The van der Waals surface area contributed by atoms with E-state index in [1.165, 1.54) is 5.56 Å². The maximum atomic E-state index is 4.46. The van der Waals surface area contributed by atoms with Crippen molar-refractivity contribution in [1.82, 2.24) is 20.5 Å². The Bertz CT molecular complexity index is 524. The van der Waals surface area contributed by atoms with E-state index >= 15 is 0 Å². The van der Waals surface area contributed by atoms with Gasteiger partial charge in [0.25, 0.3) is 0 Å². The van der Waals surface area contributed by atoms with Crippen LogP contribution in [0.1, 0.15) is 18.9 Å². The van der Waals surface area contributed by atoms with E-state index in [2.05, 4.69) is 33.5 Å². The molecule has 0 aliphatic heterocycles. The summed E-state index contributed by atoms with van der Waals surface area (Å²) in [5.41, 5.74) is 1.20. The molecule has 1 N–H and O–H groups in total. The van der Waals surface area contributed by atoms with Gasteiger partial charge in [-0.1, -0.05) is 24.3 Å². The van der Waals surface area contributed by atoms with Crippen molar-refractivity contribution in [3.63, 3.8) is 0 Å². The first kappa shape index (κ1) is 15.2. The fraction of sp³-hybridized carbons (Fsp3) is 0.462. The summed E-state index contributed by atoms with van der Waals surface area (Å²) >= 11 is 3.12. The summed E-state index contributed by atoms with van der Waals surface area (Å²) in [6, 6.07) is 4.14. The molecule has 0 fully saturated rings. The van der Waals surface area contributed by atoms with E-state index in [4.69, 9.17) is 0 Å². The lowest BCUT2D eigenvalue weighted by Gasteiger charge is -2.04. The molecule has 0 amide bonds. The van der Waals surface area contributed by atoms with Gasteiger partial charge in [0.15, 0.2) is 4.34 Å². The minimum atomic E-state index is 0.870. The van der Waals surface area contributed by atoms with Gasteiger partial charge in [-0.2, -0.15) is 0 Å². The van der Waals surface area contributed by atoms with Crippen molar-refractivity contribution in [3.8, 4) is 0 Å². The van der Waals surface area contributed by atoms with Crippen molar-refractivity contribution in [2.45, 2.75) is 29.3 Å². The Morgan fingerprint density at radius 2 is 2.15 bits per heavy atom. The summed E-state index contributed by atoms with van der Waals surface area (Å²) in [5.74, 6) is 0. The summed E-state index contributed by atoms with van der Waals surface area (Å²) in [6.07, 6.45) is 3.06. The van der Waals surface area contributed by atoms with Gasteiger partial charge in [-0.05, 0) is 36.4 Å². The van der Waals surface area contributed by atoms with Gasteiger partial charge in [0.1, 0.15) is 5.03 Å². The molecule has 0 bridgehead atoms. The monoisotopic (exact) mass is 309 g/mol. The number of hydrogen-bond acceptors (Lipinski definition) is 7. The van der Waals surface area contributed by atoms with Crippen LogP contribution in [0.5, 0.6) is 0 Å². The molecule has 5 nitrogen and oxygen atoms in total. The van der Waals surface area contributed by atoms with Crippen molar-refractivity contribution in [3.05, 3.63) is 23.9 Å². The quantitative estimate of drug-likeness (QED) is 0.794. The summed E-state index contributed by atoms with van der Waals surface area (Å²) in [4.78, 5) is 6.41. The van der Waals surface area contributed by atoms with E-state index < -0.39 is 0 Å². The van der Waals surface area contributed by atoms with E-state index in [-0.39, 0.29) is 0 Å². The fourth-order valence-corrected chi connectivity index (χ4v) is 3.15. The molecule has 2 heterocycles. The Hall–Kier alpha value is -1.18. The molecule has 0 aliphatic rings. The minimum absolute atomic E-state index is 0.870. The largest absolute Gasteiger partial charge is 0.353 e. The summed E-state index contributed by atoms with van der Waals surface area (Å²) in [5, 5.41) is 13.5. The van der Waals surface area contributed by atoms with Crippen LogP contribution in [0.15, 0.2) is 27.7 Å². The Balaban J connectivity index is 1.92. The van der Waals surface area contributed by atoms with Crippen LogP contribution in [0.2, 0.25) is 0 Å². The minimum Gasteiger partial charge on any atom is -0.353 e. The zero-order valence-electron chi connectivity index (χ0n) is 12.0. The summed E-state index contributed by atoms with van der Waals surface area (Å²) < 4.78 is 0.915. The Labute approximate surface area is 127 Å². The van der Waals surface area contributed by atoms with E-state index in [0.717, 1.165) is 34.0 Å². The first-order chi connectivity index (χ1) is 9.69. The number of pyridine rings is 1. The molecule has 2 aromatic rings. The van der Waals surface area contributed by atoms with E-state index in [9.17, 15) is 0 Å². The molecule has 20 heavy (non-hydrogen) atoms. The molecule has 2 aromatic heterocycles. The zero-order valence-corrected chi connectivity index (χ0v) is 13.6. The second-order valence-electron chi connectivity index (χ2n) is 4.53. The van der Waals surface area contributed by atoms with E-state index in [1.807, 2.05) is 31.3 Å². The molecule has 0 spiro atoms. The van der Waals surface area contributed by atoms with Gasteiger partial charge in [0.05, 0.1) is 0 Å². The molecule has 0 aromatic carbocycles. The molecule has 0 saturated carbocycles. The number of anilines is 1. The van der Waals surface area contributed by atoms with Crippen LogP contribution in [0.3, 0.4) is 0 Å². The van der Waals surface area contributed by atoms with Gasteiger partial charge < -0.3 is 10.2 Å². The van der Waals surface area contributed by atoms with Crippen LogP contribution in [0, 0.1) is 0 Å². The number of nitrogens with one attached hydrogen (secondary N) is 1. The van der Waals surface area contributed by atoms with Gasteiger partial charge in [0.2, 0.25) is 5.13 Å². The van der Waals surface area contributed by atoms with Crippen molar-refractivity contribution < 1.29 is 0 Å². The van der Waals surface area contributed by atoms with Gasteiger partial charge in [-0.3, -0.25) is 0 Å². The highest BCUT2D eigenvalue weighted by atomic mass is 32.2. The van der Waals surface area contributed by atoms with Crippen molar-refractivity contribution >= 4 is 28.2 Å². The second-order valence-corrected chi connectivity index (χ2v) is 6.75. The summed E-state index contributed by atoms with van der Waals surface area (Å²) in [7, 11) is 3.93. The highest BCUT2D eigenvalue weighted by molar-refractivity contribution is 8.01. The third-order valence-electron chi connectivity index (χ3n) is 2.52. The Morgan fingerprint density at radius 3 is 2.75 bits per heavy atom. The Kier molecular flexibility index (Phi) is 5.75. The second kappa shape index (κ2) is 7.56. The van der Waals surface area contributed by atoms with Gasteiger partial charge in [0, 0.05) is 26.8 Å². The van der Waals surface area contributed by atoms with Crippen molar-refractivity contribution in [2.24, 2.45) is 0 Å². The average Bonchev–Trinajstić information content (AvgIpc) is 2.90.